The summed E-state index contributed by atoms with van der Waals surface area (Å²) in [6, 6.07) is 12.9. The summed E-state index contributed by atoms with van der Waals surface area (Å²) in [5.41, 5.74) is 3.23. The van der Waals surface area contributed by atoms with Crippen molar-refractivity contribution in [2.24, 2.45) is 5.10 Å². The highest BCUT2D eigenvalue weighted by Crippen LogP contribution is 2.22. The normalized spacial score (nSPS) is 10.8. The number of nitrogens with one attached hydrogen (secondary N) is 1. The van der Waals surface area contributed by atoms with Gasteiger partial charge in [-0.3, -0.25) is 4.79 Å². The summed E-state index contributed by atoms with van der Waals surface area (Å²) >= 11 is 3.42. The van der Waals surface area contributed by atoms with Crippen LogP contribution >= 0.6 is 15.9 Å². The fraction of sp³-hybridized carbons (Fsp3) is 0.440. The van der Waals surface area contributed by atoms with Crippen LogP contribution in [-0.4, -0.2) is 31.9 Å². The summed E-state index contributed by atoms with van der Waals surface area (Å²) in [6.07, 6.45) is 8.96. The number of hydrogen-bond donors (Lipinski definition) is 1. The Labute approximate surface area is 199 Å². The molecule has 0 aliphatic heterocycles. The molecule has 2 aromatic rings. The van der Waals surface area contributed by atoms with Gasteiger partial charge >= 0.3 is 0 Å². The van der Waals surface area contributed by atoms with Gasteiger partial charge in [-0.25, -0.2) is 5.43 Å². The highest BCUT2D eigenvalue weighted by atomic mass is 79.9. The number of amides is 1. The number of benzene rings is 2. The third-order valence-electron chi connectivity index (χ3n) is 4.62. The zero-order chi connectivity index (χ0) is 23.0. The van der Waals surface area contributed by atoms with Crippen LogP contribution < -0.4 is 19.6 Å². The van der Waals surface area contributed by atoms with Crippen molar-refractivity contribution in [2.45, 2.75) is 52.4 Å². The lowest BCUT2D eigenvalue weighted by Crippen LogP contribution is -2.24. The van der Waals surface area contributed by atoms with E-state index in [0.29, 0.717) is 18.1 Å². The fourth-order valence-corrected chi connectivity index (χ4v) is 3.35. The van der Waals surface area contributed by atoms with E-state index < -0.39 is 0 Å². The molecule has 32 heavy (non-hydrogen) atoms. The predicted molar refractivity (Wildman–Crippen MR) is 132 cm³/mol. The molecule has 0 spiro atoms. The molecule has 0 bridgehead atoms. The molecule has 0 radical (unpaired) electrons. The Balaban J connectivity index is 1.69. The van der Waals surface area contributed by atoms with Crippen LogP contribution in [0.25, 0.3) is 0 Å². The number of halogens is 1. The fourth-order valence-electron chi connectivity index (χ4n) is 2.97. The molecule has 0 saturated carbocycles. The van der Waals surface area contributed by atoms with Crippen molar-refractivity contribution in [2.75, 3.05) is 19.8 Å². The molecule has 1 N–H and O–H groups in total. The maximum Gasteiger partial charge on any atom is 0.277 e. The van der Waals surface area contributed by atoms with E-state index in [-0.39, 0.29) is 12.5 Å². The van der Waals surface area contributed by atoms with Crippen molar-refractivity contribution in [3.8, 4) is 17.2 Å². The van der Waals surface area contributed by atoms with Crippen molar-refractivity contribution in [1.82, 2.24) is 5.43 Å². The number of ether oxygens (including phenoxy) is 3. The van der Waals surface area contributed by atoms with Gasteiger partial charge in [0.25, 0.3) is 5.91 Å². The van der Waals surface area contributed by atoms with Gasteiger partial charge < -0.3 is 14.2 Å². The largest absolute Gasteiger partial charge is 0.494 e. The van der Waals surface area contributed by atoms with E-state index in [9.17, 15) is 4.79 Å². The first-order chi connectivity index (χ1) is 15.6. The maximum absolute atomic E-state index is 12.0. The van der Waals surface area contributed by atoms with Crippen LogP contribution in [0.1, 0.15) is 57.9 Å². The molecule has 0 saturated heterocycles. The van der Waals surface area contributed by atoms with Crippen LogP contribution in [-0.2, 0) is 4.79 Å². The first kappa shape index (κ1) is 25.7. The predicted octanol–water partition coefficient (Wildman–Crippen LogP) is 6.12. The Morgan fingerprint density at radius 3 is 2.34 bits per heavy atom. The molecular formula is C25H33BrN2O4. The molecule has 2 aromatic carbocycles. The highest BCUT2D eigenvalue weighted by Gasteiger charge is 2.04. The zero-order valence-electron chi connectivity index (χ0n) is 18.9. The molecule has 0 aromatic heterocycles. The summed E-state index contributed by atoms with van der Waals surface area (Å²) in [7, 11) is 0. The van der Waals surface area contributed by atoms with Crippen LogP contribution in [0.4, 0.5) is 0 Å². The number of hydrogen-bond acceptors (Lipinski definition) is 5. The molecule has 0 heterocycles. The topological polar surface area (TPSA) is 69.2 Å². The van der Waals surface area contributed by atoms with Gasteiger partial charge in [0, 0.05) is 10.0 Å². The van der Waals surface area contributed by atoms with Gasteiger partial charge in [-0.2, -0.15) is 5.10 Å². The van der Waals surface area contributed by atoms with Gasteiger partial charge in [-0.1, -0.05) is 55.0 Å². The molecule has 0 aliphatic rings. The second-order valence-corrected chi connectivity index (χ2v) is 8.20. The smallest absolute Gasteiger partial charge is 0.277 e. The van der Waals surface area contributed by atoms with Crippen molar-refractivity contribution >= 4 is 28.1 Å². The maximum atomic E-state index is 12.0. The number of carbonyl (C=O) groups excluding carboxylic acids is 1. The molecule has 0 fully saturated rings. The summed E-state index contributed by atoms with van der Waals surface area (Å²) < 4.78 is 17.7. The van der Waals surface area contributed by atoms with Crippen LogP contribution in [0.5, 0.6) is 17.2 Å². The van der Waals surface area contributed by atoms with Crippen molar-refractivity contribution in [3.63, 3.8) is 0 Å². The van der Waals surface area contributed by atoms with Crippen molar-refractivity contribution in [3.05, 3.63) is 52.5 Å². The van der Waals surface area contributed by atoms with Crippen LogP contribution in [0.2, 0.25) is 0 Å². The minimum Gasteiger partial charge on any atom is -0.494 e. The van der Waals surface area contributed by atoms with E-state index in [0.717, 1.165) is 28.8 Å². The average molecular weight is 505 g/mol. The number of unbranched alkanes of at least 4 members (excludes halogenated alkanes) is 5. The van der Waals surface area contributed by atoms with Crippen LogP contribution in [0.3, 0.4) is 0 Å². The van der Waals surface area contributed by atoms with E-state index in [1.807, 2.05) is 37.3 Å². The molecule has 7 heteroatoms. The lowest BCUT2D eigenvalue weighted by Gasteiger charge is -2.09. The number of carbonyl (C=O) groups is 1. The van der Waals surface area contributed by atoms with Gasteiger partial charge in [0.15, 0.2) is 6.61 Å². The Hall–Kier alpha value is -2.54. The van der Waals surface area contributed by atoms with Gasteiger partial charge in [0.2, 0.25) is 0 Å². The van der Waals surface area contributed by atoms with Gasteiger partial charge in [-0.05, 0) is 55.8 Å². The second kappa shape index (κ2) is 15.3. The number of nitrogens with zero attached hydrogens (tertiary/aromatic N) is 1. The zero-order valence-corrected chi connectivity index (χ0v) is 20.5. The lowest BCUT2D eigenvalue weighted by molar-refractivity contribution is -0.123. The molecule has 1 amide bonds. The summed E-state index contributed by atoms with van der Waals surface area (Å²) in [5.74, 6) is 1.75. The van der Waals surface area contributed by atoms with E-state index >= 15 is 0 Å². The molecule has 6 nitrogen and oxygen atoms in total. The Kier molecular flexibility index (Phi) is 12.3. The van der Waals surface area contributed by atoms with Crippen molar-refractivity contribution in [1.29, 1.82) is 0 Å². The second-order valence-electron chi connectivity index (χ2n) is 7.28. The number of hydrazone groups is 1. The van der Waals surface area contributed by atoms with Gasteiger partial charge in [0.05, 0.1) is 19.4 Å². The summed E-state index contributed by atoms with van der Waals surface area (Å²) in [5, 5.41) is 3.99. The minimum atomic E-state index is -0.349. The standard InChI is InChI=1S/C25H33BrN2O4/c1-3-5-6-7-8-9-16-31-22-11-13-23(14-12-22)32-19-25(29)28-27-18-20-17-21(26)10-15-24(20)30-4-2/h10-15,17-18H,3-9,16,19H2,1-2H3,(H,28,29)/b27-18+. The van der Waals surface area contributed by atoms with E-state index in [2.05, 4.69) is 33.4 Å². The molecule has 0 aliphatic carbocycles. The van der Waals surface area contributed by atoms with E-state index in [1.165, 1.54) is 32.1 Å². The first-order valence-corrected chi connectivity index (χ1v) is 12.0. The quantitative estimate of drug-likeness (QED) is 0.180. The van der Waals surface area contributed by atoms with Gasteiger partial charge in [-0.15, -0.1) is 0 Å². The summed E-state index contributed by atoms with van der Waals surface area (Å²) in [4.78, 5) is 12.0. The summed E-state index contributed by atoms with van der Waals surface area (Å²) in [6.45, 7) is 5.27. The highest BCUT2D eigenvalue weighted by molar-refractivity contribution is 9.10. The Morgan fingerprint density at radius 2 is 1.62 bits per heavy atom. The first-order valence-electron chi connectivity index (χ1n) is 11.2. The SMILES string of the molecule is CCCCCCCCOc1ccc(OCC(=O)N/N=C/c2cc(Br)ccc2OCC)cc1. The third-order valence-corrected chi connectivity index (χ3v) is 5.12. The van der Waals surface area contributed by atoms with E-state index in [4.69, 9.17) is 14.2 Å². The molecule has 174 valence electrons. The molecular weight excluding hydrogens is 472 g/mol. The van der Waals surface area contributed by atoms with E-state index in [1.54, 1.807) is 18.3 Å². The lowest BCUT2D eigenvalue weighted by atomic mass is 10.1. The molecule has 0 atom stereocenters. The average Bonchev–Trinajstić information content (AvgIpc) is 2.79. The minimum absolute atomic E-state index is 0.133. The molecule has 0 unspecified atom stereocenters. The number of rotatable bonds is 15. The monoisotopic (exact) mass is 504 g/mol. The van der Waals surface area contributed by atoms with Crippen LogP contribution in [0.15, 0.2) is 52.0 Å². The Bertz CT molecular complexity index is 840. The van der Waals surface area contributed by atoms with Crippen LogP contribution in [0, 0.1) is 0 Å². The Morgan fingerprint density at radius 1 is 0.938 bits per heavy atom. The van der Waals surface area contributed by atoms with Gasteiger partial charge in [0.1, 0.15) is 17.2 Å². The molecule has 2 rings (SSSR count). The van der Waals surface area contributed by atoms with Crippen molar-refractivity contribution < 1.29 is 19.0 Å². The third kappa shape index (κ3) is 10.2.